The quantitative estimate of drug-likeness (QED) is 0.564. The lowest BCUT2D eigenvalue weighted by Crippen LogP contribution is -2.35. The Morgan fingerprint density at radius 1 is 0.647 bits per heavy atom. The van der Waals surface area contributed by atoms with E-state index in [-0.39, 0.29) is 11.9 Å². The van der Waals surface area contributed by atoms with Gasteiger partial charge in [0.2, 0.25) is 0 Å². The molecule has 2 saturated heterocycles. The summed E-state index contributed by atoms with van der Waals surface area (Å²) in [5, 5.41) is 9.35. The lowest BCUT2D eigenvalue weighted by Gasteiger charge is -2.31. The van der Waals surface area contributed by atoms with Crippen LogP contribution in [0.2, 0.25) is 0 Å². The number of benzene rings is 2. The third kappa shape index (κ3) is 7.12. The van der Waals surface area contributed by atoms with E-state index in [4.69, 9.17) is 0 Å². The van der Waals surface area contributed by atoms with Crippen LogP contribution in [0.3, 0.4) is 0 Å². The van der Waals surface area contributed by atoms with Gasteiger partial charge in [-0.15, -0.1) is 0 Å². The van der Waals surface area contributed by atoms with Crippen molar-refractivity contribution in [1.82, 2.24) is 0 Å². The van der Waals surface area contributed by atoms with Crippen LogP contribution in [0, 0.1) is 0 Å². The topological polar surface area (TPSA) is 43.8 Å². The van der Waals surface area contributed by atoms with Crippen molar-refractivity contribution < 1.29 is 36.2 Å². The number of aliphatic hydroxyl groups is 1. The highest BCUT2D eigenvalue weighted by molar-refractivity contribution is 5.81. The molecule has 2 aliphatic heterocycles. The van der Waals surface area contributed by atoms with Crippen LogP contribution in [0.15, 0.2) is 48.5 Å². The number of aliphatic hydroxyl groups excluding tert-OH is 1. The highest BCUT2D eigenvalue weighted by atomic mass is 19.4. The third-order valence-electron chi connectivity index (χ3n) is 5.91. The molecule has 1 N–H and O–H groups in total. The van der Waals surface area contributed by atoms with Crippen LogP contribution in [-0.2, 0) is 17.1 Å². The zero-order valence-electron chi connectivity index (χ0n) is 18.4. The van der Waals surface area contributed by atoms with Crippen molar-refractivity contribution in [3.05, 3.63) is 59.7 Å². The minimum absolute atomic E-state index is 0.216. The monoisotopic (exact) mass is 488 g/mol. The van der Waals surface area contributed by atoms with Gasteiger partial charge in [-0.1, -0.05) is 0 Å². The van der Waals surface area contributed by atoms with Crippen LogP contribution in [0.4, 0.5) is 37.7 Å². The van der Waals surface area contributed by atoms with Crippen LogP contribution in [0.25, 0.3) is 0 Å². The fourth-order valence-electron chi connectivity index (χ4n) is 3.86. The van der Waals surface area contributed by atoms with Gasteiger partial charge in [-0.25, -0.2) is 0 Å². The fourth-order valence-corrected chi connectivity index (χ4v) is 3.86. The summed E-state index contributed by atoms with van der Waals surface area (Å²) in [6.07, 6.45) is -6.57. The van der Waals surface area contributed by atoms with E-state index in [1.807, 2.05) is 9.80 Å². The van der Waals surface area contributed by atoms with Crippen molar-refractivity contribution in [2.24, 2.45) is 0 Å². The van der Waals surface area contributed by atoms with E-state index in [0.29, 0.717) is 51.9 Å². The molecule has 0 bridgehead atoms. The molecule has 2 aromatic carbocycles. The van der Waals surface area contributed by atoms with Gasteiger partial charge < -0.3 is 14.9 Å². The number of rotatable bonds is 2. The first-order chi connectivity index (χ1) is 15.9. The largest absolute Gasteiger partial charge is 0.416 e. The first-order valence-electron chi connectivity index (χ1n) is 11.0. The molecular weight excluding hydrogens is 462 g/mol. The van der Waals surface area contributed by atoms with E-state index in [0.717, 1.165) is 35.6 Å². The summed E-state index contributed by atoms with van der Waals surface area (Å²) < 4.78 is 74.2. The highest BCUT2D eigenvalue weighted by Gasteiger charge is 2.31. The standard InChI is InChI=1S/C12H14F3NO.C12H12F3NO/c2*13-12(14,15)9-1-3-10(4-2-9)16-7-5-11(17)6-8-16/h1-4,11,17H,5-8H2;1-4H,5-8H2. The van der Waals surface area contributed by atoms with Crippen molar-refractivity contribution in [2.45, 2.75) is 44.1 Å². The van der Waals surface area contributed by atoms with E-state index < -0.39 is 23.5 Å². The molecule has 2 aromatic rings. The van der Waals surface area contributed by atoms with Gasteiger partial charge in [-0.05, 0) is 61.4 Å². The van der Waals surface area contributed by atoms with Gasteiger partial charge in [0, 0.05) is 50.4 Å². The molecule has 10 heteroatoms. The van der Waals surface area contributed by atoms with Gasteiger partial charge in [0.1, 0.15) is 5.78 Å². The Labute approximate surface area is 193 Å². The highest BCUT2D eigenvalue weighted by Crippen LogP contribution is 2.32. The number of nitrogens with zero attached hydrogens (tertiary/aromatic N) is 2. The molecule has 2 fully saturated rings. The van der Waals surface area contributed by atoms with Crippen LogP contribution in [-0.4, -0.2) is 43.2 Å². The van der Waals surface area contributed by atoms with Gasteiger partial charge in [-0.2, -0.15) is 26.3 Å². The number of hydrogen-bond donors (Lipinski definition) is 1. The molecule has 0 radical (unpaired) electrons. The molecule has 0 amide bonds. The number of halogens is 6. The maximum atomic E-state index is 12.4. The van der Waals surface area contributed by atoms with Gasteiger partial charge in [0.05, 0.1) is 17.2 Å². The summed E-state index contributed by atoms with van der Waals surface area (Å²) in [6, 6.07) is 10.2. The van der Waals surface area contributed by atoms with E-state index >= 15 is 0 Å². The molecule has 186 valence electrons. The maximum Gasteiger partial charge on any atom is 0.416 e. The predicted octanol–water partition coefficient (Wildman–Crippen LogP) is 5.54. The van der Waals surface area contributed by atoms with E-state index in [1.165, 1.54) is 24.3 Å². The maximum absolute atomic E-state index is 12.4. The average molecular weight is 488 g/mol. The summed E-state index contributed by atoms with van der Waals surface area (Å²) in [5.74, 6) is 0.216. The fraction of sp³-hybridized carbons (Fsp3) is 0.458. The van der Waals surface area contributed by atoms with Crippen molar-refractivity contribution in [1.29, 1.82) is 0 Å². The summed E-state index contributed by atoms with van der Waals surface area (Å²) in [5.41, 5.74) is 0.253. The molecule has 0 aliphatic carbocycles. The van der Waals surface area contributed by atoms with Gasteiger partial charge in [0.25, 0.3) is 0 Å². The number of alkyl halides is 6. The minimum atomic E-state index is -4.30. The summed E-state index contributed by atoms with van der Waals surface area (Å²) in [4.78, 5) is 15.0. The second-order valence-electron chi connectivity index (χ2n) is 8.33. The molecule has 4 rings (SSSR count). The van der Waals surface area contributed by atoms with Crippen LogP contribution in [0.1, 0.15) is 36.8 Å². The average Bonchev–Trinajstić information content (AvgIpc) is 2.80. The zero-order valence-corrected chi connectivity index (χ0v) is 18.4. The van der Waals surface area contributed by atoms with Crippen molar-refractivity contribution in [2.75, 3.05) is 36.0 Å². The lowest BCUT2D eigenvalue weighted by molar-refractivity contribution is -0.138. The first-order valence-corrected chi connectivity index (χ1v) is 11.0. The Bertz CT molecular complexity index is 924. The SMILES string of the molecule is O=C1CCN(c2ccc(C(F)(F)F)cc2)CC1.OC1CCN(c2ccc(C(F)(F)F)cc2)CC1. The molecule has 0 aromatic heterocycles. The molecule has 0 unspecified atom stereocenters. The Kier molecular flexibility index (Phi) is 8.12. The van der Waals surface area contributed by atoms with Crippen molar-refractivity contribution in [3.8, 4) is 0 Å². The molecular formula is C24H26F6N2O2. The van der Waals surface area contributed by atoms with E-state index in [9.17, 15) is 36.2 Å². The molecule has 0 saturated carbocycles. The Balaban J connectivity index is 0.000000191. The van der Waals surface area contributed by atoms with E-state index in [1.54, 1.807) is 0 Å². The molecule has 34 heavy (non-hydrogen) atoms. The molecule has 2 heterocycles. The molecule has 0 spiro atoms. The number of Topliss-reactive ketones (excluding diaryl/α,β-unsaturated/α-hetero) is 1. The van der Waals surface area contributed by atoms with E-state index in [2.05, 4.69) is 0 Å². The van der Waals surface area contributed by atoms with Crippen LogP contribution in [0.5, 0.6) is 0 Å². The smallest absolute Gasteiger partial charge is 0.393 e. The number of ketones is 1. The Morgan fingerprint density at radius 2 is 1.00 bits per heavy atom. The predicted molar refractivity (Wildman–Crippen MR) is 117 cm³/mol. The second-order valence-corrected chi connectivity index (χ2v) is 8.33. The minimum Gasteiger partial charge on any atom is -0.393 e. The van der Waals surface area contributed by atoms with Crippen molar-refractivity contribution in [3.63, 3.8) is 0 Å². The summed E-state index contributed by atoms with van der Waals surface area (Å²) >= 11 is 0. The molecule has 4 nitrogen and oxygen atoms in total. The Hall–Kier alpha value is -2.75. The van der Waals surface area contributed by atoms with Gasteiger partial charge in [-0.3, -0.25) is 4.79 Å². The third-order valence-corrected chi connectivity index (χ3v) is 5.91. The molecule has 2 aliphatic rings. The number of piperidine rings is 2. The number of anilines is 2. The number of carbonyl (C=O) groups is 1. The van der Waals surface area contributed by atoms with Crippen LogP contribution >= 0.6 is 0 Å². The van der Waals surface area contributed by atoms with Gasteiger partial charge in [0.15, 0.2) is 0 Å². The Morgan fingerprint density at radius 3 is 1.35 bits per heavy atom. The second kappa shape index (κ2) is 10.7. The van der Waals surface area contributed by atoms with Gasteiger partial charge >= 0.3 is 12.4 Å². The van der Waals surface area contributed by atoms with Crippen LogP contribution < -0.4 is 9.80 Å². The normalized spacial score (nSPS) is 17.9. The number of carbonyl (C=O) groups excluding carboxylic acids is 1. The lowest BCUT2D eigenvalue weighted by atomic mass is 10.1. The van der Waals surface area contributed by atoms with Crippen molar-refractivity contribution >= 4 is 17.2 Å². The number of hydrogen-bond acceptors (Lipinski definition) is 4. The zero-order chi connectivity index (χ0) is 24.9. The summed E-state index contributed by atoms with van der Waals surface area (Å²) in [6.45, 7) is 2.55. The molecule has 0 atom stereocenters. The summed E-state index contributed by atoms with van der Waals surface area (Å²) in [7, 11) is 0. The first kappa shape index (κ1) is 25.9.